The van der Waals surface area contributed by atoms with Crippen molar-refractivity contribution in [2.45, 2.75) is 79.4 Å². The van der Waals surface area contributed by atoms with E-state index in [9.17, 15) is 61.8 Å². The molecule has 0 atom stereocenters. The summed E-state index contributed by atoms with van der Waals surface area (Å²) >= 11 is 0. The molecule has 354 valence electrons. The minimum atomic E-state index is -5.05. The smallest absolute Gasteiger partial charge is 0.337 e. The Morgan fingerprint density at radius 2 is 1.42 bits per heavy atom. The second-order valence-corrected chi connectivity index (χ2v) is 23.2. The number of rotatable bonds is 15. The first-order valence-corrected chi connectivity index (χ1v) is 26.8. The molecule has 5 N–H and O–H groups in total. The Morgan fingerprint density at radius 1 is 0.746 bits per heavy atom. The molecule has 3 heterocycles. The van der Waals surface area contributed by atoms with Gasteiger partial charge in [0.1, 0.15) is 11.4 Å². The summed E-state index contributed by atoms with van der Waals surface area (Å²) in [5, 5.41) is 11.1. The number of carboxylic acid groups (broad SMARTS) is 1. The second-order valence-electron chi connectivity index (χ2n) is 17.4. The lowest BCUT2D eigenvalue weighted by Gasteiger charge is -2.27. The highest BCUT2D eigenvalue weighted by Gasteiger charge is 2.46. The molecule has 0 bridgehead atoms. The summed E-state index contributed by atoms with van der Waals surface area (Å²) in [5.74, 6) is -1.83. The first-order valence-electron chi connectivity index (χ1n) is 20.8. The number of aromatic nitrogens is 1. The highest BCUT2D eigenvalue weighted by molar-refractivity contribution is 7.87. The lowest BCUT2D eigenvalue weighted by atomic mass is 9.79. The number of pyridine rings is 1. The van der Waals surface area contributed by atoms with Crippen molar-refractivity contribution in [3.63, 3.8) is 0 Å². The van der Waals surface area contributed by atoms with E-state index in [2.05, 4.69) is 16.5 Å². The van der Waals surface area contributed by atoms with Crippen LogP contribution < -0.4 is 4.90 Å². The second kappa shape index (κ2) is 17.5. The Balaban J connectivity index is 1.46. The minimum Gasteiger partial charge on any atom is -0.478 e. The molecule has 0 saturated heterocycles. The SMILES string of the molecule is CCCC[N+]1=C(/C=C/C(=C/C=C2/N(CCCS(=O)(=O)O)c3ccc4c(S(=O)(=O)O)cc(S(=O)(=O)O)cc4c3C2(C)C)c2ccc(C(=O)O)cn2)C(C)(C)c2c1ccc1ccc(S(=O)(=O)O)cc21. The number of anilines is 1. The number of hydrogen-bond acceptors (Lipinski definition) is 11. The van der Waals surface area contributed by atoms with Crippen LogP contribution in [0.15, 0.2) is 118 Å². The van der Waals surface area contributed by atoms with Crippen LogP contribution in [0.25, 0.3) is 27.1 Å². The molecule has 0 spiro atoms. The molecule has 0 unspecified atom stereocenters. The highest BCUT2D eigenvalue weighted by atomic mass is 32.2. The van der Waals surface area contributed by atoms with E-state index < -0.39 is 72.8 Å². The van der Waals surface area contributed by atoms with E-state index >= 15 is 0 Å². The third-order valence-electron chi connectivity index (χ3n) is 12.3. The molecule has 0 amide bonds. The lowest BCUT2D eigenvalue weighted by molar-refractivity contribution is -0.438. The fraction of sp³-hybridized carbons (Fsp3) is 0.283. The standard InChI is InChI=1S/C46H47N3O14S4/c1-6-7-21-48-37-17-11-28-9-14-31(65(55,56)57)24-34(28)42(37)45(2,3)40(48)19-12-29(36-16-10-30(27-47-36)44(50)51)13-20-41-46(4,5)43-35-25-32(66(58,59)60)26-39(67(61,62)63)33(35)15-18-38(43)49(41)22-8-23-64(52,53)54/h9-20,24-27H,6-8,21-23H2,1-5H3,(H4-,50,51,52,53,54,55,56,57,58,59,60,61,62,63)/p+1. The number of hydrogen-bond donors (Lipinski definition) is 5. The van der Waals surface area contributed by atoms with E-state index in [0.717, 1.165) is 41.3 Å². The molecule has 67 heavy (non-hydrogen) atoms. The van der Waals surface area contributed by atoms with Gasteiger partial charge in [-0.2, -0.15) is 38.2 Å². The van der Waals surface area contributed by atoms with Gasteiger partial charge in [0.15, 0.2) is 5.71 Å². The van der Waals surface area contributed by atoms with Crippen molar-refractivity contribution in [3.8, 4) is 0 Å². The van der Waals surface area contributed by atoms with Crippen LogP contribution in [0.3, 0.4) is 0 Å². The molecule has 0 radical (unpaired) electrons. The molecule has 21 heteroatoms. The van der Waals surface area contributed by atoms with Gasteiger partial charge in [-0.15, -0.1) is 0 Å². The zero-order valence-electron chi connectivity index (χ0n) is 36.9. The van der Waals surface area contributed by atoms with Gasteiger partial charge in [0, 0.05) is 64.6 Å². The molecular formula is C46H48N3O14S4+. The van der Waals surface area contributed by atoms with Gasteiger partial charge in [0.25, 0.3) is 40.5 Å². The van der Waals surface area contributed by atoms with Crippen LogP contribution in [0.4, 0.5) is 11.4 Å². The topological polar surface area (TPSA) is 274 Å². The summed E-state index contributed by atoms with van der Waals surface area (Å²) in [6, 6.07) is 15.8. The number of fused-ring (bicyclic) bond motifs is 6. The number of carboxylic acids is 1. The number of nitrogens with zero attached hydrogens (tertiary/aromatic N) is 3. The summed E-state index contributed by atoms with van der Waals surface area (Å²) in [6.07, 6.45) is 9.84. The Kier molecular flexibility index (Phi) is 12.8. The van der Waals surface area contributed by atoms with Crippen molar-refractivity contribution in [1.29, 1.82) is 0 Å². The zero-order chi connectivity index (χ0) is 49.2. The molecule has 2 aliphatic heterocycles. The molecule has 17 nitrogen and oxygen atoms in total. The predicted octanol–water partition coefficient (Wildman–Crippen LogP) is 7.60. The normalized spacial score (nSPS) is 17.0. The van der Waals surface area contributed by atoms with Crippen LogP contribution in [-0.4, -0.2) is 97.1 Å². The quantitative estimate of drug-likeness (QED) is 0.0384. The van der Waals surface area contributed by atoms with Crippen molar-refractivity contribution >= 4 is 90.6 Å². The van der Waals surface area contributed by atoms with E-state index in [1.807, 2.05) is 32.1 Å². The average molecular weight is 995 g/mol. The zero-order valence-corrected chi connectivity index (χ0v) is 40.1. The molecule has 0 saturated carbocycles. The maximum atomic E-state index is 12.7. The first kappa shape index (κ1) is 49.3. The average Bonchev–Trinajstić information content (AvgIpc) is 3.58. The van der Waals surface area contributed by atoms with E-state index in [1.165, 1.54) is 42.6 Å². The van der Waals surface area contributed by atoms with Crippen LogP contribution in [0.1, 0.15) is 81.1 Å². The van der Waals surface area contributed by atoms with Gasteiger partial charge >= 0.3 is 5.97 Å². The van der Waals surface area contributed by atoms with Crippen LogP contribution in [-0.2, 0) is 51.3 Å². The van der Waals surface area contributed by atoms with Crippen LogP contribution in [0, 0.1) is 0 Å². The summed E-state index contributed by atoms with van der Waals surface area (Å²) < 4.78 is 141. The van der Waals surface area contributed by atoms with Crippen LogP contribution >= 0.6 is 0 Å². The third kappa shape index (κ3) is 9.59. The maximum Gasteiger partial charge on any atom is 0.337 e. The van der Waals surface area contributed by atoms with Gasteiger partial charge in [0.05, 0.1) is 32.2 Å². The highest BCUT2D eigenvalue weighted by Crippen LogP contribution is 2.52. The number of aromatic carboxylic acids is 1. The van der Waals surface area contributed by atoms with Crippen molar-refractivity contribution < 1.29 is 66.4 Å². The van der Waals surface area contributed by atoms with Crippen molar-refractivity contribution in [2.75, 3.05) is 23.7 Å². The molecule has 1 aromatic heterocycles. The molecule has 7 rings (SSSR count). The van der Waals surface area contributed by atoms with Crippen LogP contribution in [0.5, 0.6) is 0 Å². The fourth-order valence-electron chi connectivity index (χ4n) is 9.18. The van der Waals surface area contributed by atoms with Gasteiger partial charge in [-0.3, -0.25) is 23.2 Å². The Morgan fingerprint density at radius 3 is 2.01 bits per heavy atom. The van der Waals surface area contributed by atoms with E-state index in [4.69, 9.17) is 0 Å². The molecule has 2 aliphatic rings. The Bertz CT molecular complexity index is 3500. The van der Waals surface area contributed by atoms with Crippen LogP contribution in [0.2, 0.25) is 0 Å². The number of carbonyl (C=O) groups is 1. The van der Waals surface area contributed by atoms with Gasteiger partial charge in [-0.25, -0.2) is 4.79 Å². The Labute approximate surface area is 388 Å². The fourth-order valence-corrected chi connectivity index (χ4v) is 11.5. The van der Waals surface area contributed by atoms with E-state index in [1.54, 1.807) is 43.0 Å². The first-order chi connectivity index (χ1) is 31.1. The van der Waals surface area contributed by atoms with E-state index in [0.29, 0.717) is 46.2 Å². The maximum absolute atomic E-state index is 12.7. The largest absolute Gasteiger partial charge is 0.478 e. The van der Waals surface area contributed by atoms with Gasteiger partial charge < -0.3 is 10.0 Å². The predicted molar refractivity (Wildman–Crippen MR) is 253 cm³/mol. The molecular weight excluding hydrogens is 947 g/mol. The van der Waals surface area contributed by atoms with Crippen molar-refractivity contribution in [3.05, 3.63) is 125 Å². The van der Waals surface area contributed by atoms with Crippen molar-refractivity contribution in [1.82, 2.24) is 4.98 Å². The molecule has 0 fully saturated rings. The number of unbranched alkanes of at least 4 members (excludes halogenated alkanes) is 1. The number of allylic oxidation sites excluding steroid dienone is 6. The Hall–Kier alpha value is -5.65. The third-order valence-corrected chi connectivity index (χ3v) is 15.6. The molecule has 5 aromatic rings. The summed E-state index contributed by atoms with van der Waals surface area (Å²) in [5.41, 5.74) is 2.53. The summed E-state index contributed by atoms with van der Waals surface area (Å²) in [4.78, 5) is 16.3. The summed E-state index contributed by atoms with van der Waals surface area (Å²) in [6.45, 7) is 10.1. The summed E-state index contributed by atoms with van der Waals surface area (Å²) in [7, 11) is -19.0. The van der Waals surface area contributed by atoms with Gasteiger partial charge in [-0.05, 0) is 103 Å². The lowest BCUT2D eigenvalue weighted by Crippen LogP contribution is -2.28. The van der Waals surface area contributed by atoms with Crippen molar-refractivity contribution in [2.24, 2.45) is 0 Å². The molecule has 4 aromatic carbocycles. The monoisotopic (exact) mass is 994 g/mol. The minimum absolute atomic E-state index is 0.0225. The van der Waals surface area contributed by atoms with Gasteiger partial charge in [-0.1, -0.05) is 45.4 Å². The van der Waals surface area contributed by atoms with Gasteiger partial charge in [0.2, 0.25) is 5.69 Å². The molecule has 0 aliphatic carbocycles. The van der Waals surface area contributed by atoms with E-state index in [-0.39, 0.29) is 34.2 Å². The number of benzene rings is 4.